The fraction of sp³-hybridized carbons (Fsp3) is 0.143. The summed E-state index contributed by atoms with van der Waals surface area (Å²) in [5.74, 6) is -0.416. The highest BCUT2D eigenvalue weighted by atomic mass is 79.9. The normalized spacial score (nSPS) is 10.3. The Morgan fingerprint density at radius 3 is 2.70 bits per heavy atom. The van der Waals surface area contributed by atoms with Crippen LogP contribution in [-0.4, -0.2) is 11.0 Å². The van der Waals surface area contributed by atoms with Gasteiger partial charge in [0.25, 0.3) is 0 Å². The van der Waals surface area contributed by atoms with Crippen molar-refractivity contribution in [2.75, 3.05) is 5.73 Å². The fourth-order valence-corrected chi connectivity index (χ4v) is 2.33. The van der Waals surface area contributed by atoms with Crippen LogP contribution in [0.2, 0.25) is 0 Å². The Morgan fingerprint density at radius 1 is 1.30 bits per heavy atom. The second-order valence-corrected chi connectivity index (χ2v) is 6.04. The topological polar surface area (TPSA) is 65.2 Å². The van der Waals surface area contributed by atoms with Crippen LogP contribution in [0.5, 0.6) is 0 Å². The van der Waals surface area contributed by atoms with Gasteiger partial charge in [0.15, 0.2) is 0 Å². The van der Waals surface area contributed by atoms with E-state index in [4.69, 9.17) is 10.5 Å². The van der Waals surface area contributed by atoms with Gasteiger partial charge >= 0.3 is 5.97 Å². The molecule has 0 unspecified atom stereocenters. The molecule has 0 aliphatic rings. The molecule has 0 saturated heterocycles. The molecule has 6 heteroatoms. The molecule has 0 fully saturated rings. The summed E-state index contributed by atoms with van der Waals surface area (Å²) in [5.41, 5.74) is 8.22. The molecule has 104 valence electrons. The van der Waals surface area contributed by atoms with E-state index in [9.17, 15) is 4.79 Å². The maximum Gasteiger partial charge on any atom is 0.338 e. The molecule has 0 amide bonds. The highest BCUT2D eigenvalue weighted by Crippen LogP contribution is 2.23. The van der Waals surface area contributed by atoms with Crippen molar-refractivity contribution in [2.24, 2.45) is 0 Å². The number of nitrogen functional groups attached to an aromatic ring is 1. The molecule has 0 radical (unpaired) electrons. The molecule has 0 atom stereocenters. The lowest BCUT2D eigenvalue weighted by Crippen LogP contribution is -2.09. The zero-order chi connectivity index (χ0) is 14.7. The predicted octanol–water partition coefficient (Wildman–Crippen LogP) is 3.85. The lowest BCUT2D eigenvalue weighted by molar-refractivity contribution is 0.0467. The van der Waals surface area contributed by atoms with Gasteiger partial charge in [-0.1, -0.05) is 15.9 Å². The summed E-state index contributed by atoms with van der Waals surface area (Å²) in [5, 5.41) is 0. The average Bonchev–Trinajstić information content (AvgIpc) is 2.42. The van der Waals surface area contributed by atoms with Crippen LogP contribution in [0.4, 0.5) is 5.69 Å². The van der Waals surface area contributed by atoms with Crippen molar-refractivity contribution in [1.29, 1.82) is 0 Å². The molecule has 0 bridgehead atoms. The molecular formula is C14H12Br2N2O2. The van der Waals surface area contributed by atoms with Crippen LogP contribution < -0.4 is 5.73 Å². The number of ether oxygens (including phenoxy) is 1. The number of anilines is 1. The first-order valence-corrected chi connectivity index (χ1v) is 7.39. The van der Waals surface area contributed by atoms with E-state index in [1.807, 2.05) is 6.07 Å². The molecule has 0 aliphatic heterocycles. The number of hydrogen-bond acceptors (Lipinski definition) is 4. The maximum atomic E-state index is 12.1. The van der Waals surface area contributed by atoms with Gasteiger partial charge in [-0.15, -0.1) is 0 Å². The summed E-state index contributed by atoms with van der Waals surface area (Å²) in [6.07, 6.45) is 1.66. The Morgan fingerprint density at radius 2 is 2.05 bits per heavy atom. The summed E-state index contributed by atoms with van der Waals surface area (Å²) in [6.45, 7) is 1.91. The van der Waals surface area contributed by atoms with Gasteiger partial charge in [0.2, 0.25) is 0 Å². The zero-order valence-electron chi connectivity index (χ0n) is 10.7. The largest absolute Gasteiger partial charge is 0.456 e. The quantitative estimate of drug-likeness (QED) is 0.628. The maximum absolute atomic E-state index is 12.1. The van der Waals surface area contributed by atoms with E-state index in [0.717, 1.165) is 8.95 Å². The number of esters is 1. The molecule has 2 aromatic rings. The second kappa shape index (κ2) is 6.37. The van der Waals surface area contributed by atoms with Gasteiger partial charge in [0.1, 0.15) is 6.61 Å². The standard InChI is InChI=1S/C14H12Br2N2O2/c1-8-12(4-10(16)5-13(8)17)14(19)20-7-11-3-2-9(15)6-18-11/h2-6H,7,17H2,1H3. The van der Waals surface area contributed by atoms with Crippen LogP contribution >= 0.6 is 31.9 Å². The molecule has 4 nitrogen and oxygen atoms in total. The zero-order valence-corrected chi connectivity index (χ0v) is 13.9. The van der Waals surface area contributed by atoms with Crippen molar-refractivity contribution >= 4 is 43.5 Å². The van der Waals surface area contributed by atoms with E-state index >= 15 is 0 Å². The lowest BCUT2D eigenvalue weighted by Gasteiger charge is -2.09. The van der Waals surface area contributed by atoms with E-state index in [-0.39, 0.29) is 6.61 Å². The Kier molecular flexibility index (Phi) is 4.77. The number of rotatable bonds is 3. The summed E-state index contributed by atoms with van der Waals surface area (Å²) in [4.78, 5) is 16.2. The number of benzene rings is 1. The lowest BCUT2D eigenvalue weighted by atomic mass is 10.1. The number of carbonyl (C=O) groups excluding carboxylic acids is 1. The Hall–Kier alpha value is -1.40. The SMILES string of the molecule is Cc1c(N)cc(Br)cc1C(=O)OCc1ccc(Br)cn1. The number of nitrogens with zero attached hydrogens (tertiary/aromatic N) is 1. The molecule has 0 spiro atoms. The van der Waals surface area contributed by atoms with Gasteiger partial charge < -0.3 is 10.5 Å². The van der Waals surface area contributed by atoms with Gasteiger partial charge in [-0.2, -0.15) is 0 Å². The second-order valence-electron chi connectivity index (χ2n) is 4.21. The number of hydrogen-bond donors (Lipinski definition) is 1. The van der Waals surface area contributed by atoms with Crippen molar-refractivity contribution in [2.45, 2.75) is 13.5 Å². The fourth-order valence-electron chi connectivity index (χ4n) is 1.62. The minimum atomic E-state index is -0.416. The first kappa shape index (κ1) is 15.0. The van der Waals surface area contributed by atoms with Crippen molar-refractivity contribution in [3.63, 3.8) is 0 Å². The Bertz CT molecular complexity index is 642. The van der Waals surface area contributed by atoms with Crippen molar-refractivity contribution < 1.29 is 9.53 Å². The monoisotopic (exact) mass is 398 g/mol. The Balaban J connectivity index is 2.11. The van der Waals surface area contributed by atoms with Crippen LogP contribution in [0.25, 0.3) is 0 Å². The molecule has 2 rings (SSSR count). The van der Waals surface area contributed by atoms with E-state index in [1.54, 1.807) is 31.3 Å². The van der Waals surface area contributed by atoms with Crippen molar-refractivity contribution in [3.8, 4) is 0 Å². The first-order chi connectivity index (χ1) is 9.47. The molecule has 1 heterocycles. The third-order valence-electron chi connectivity index (χ3n) is 2.77. The third kappa shape index (κ3) is 3.58. The van der Waals surface area contributed by atoms with E-state index in [0.29, 0.717) is 22.5 Å². The van der Waals surface area contributed by atoms with Crippen molar-refractivity contribution in [3.05, 3.63) is 56.2 Å². The summed E-state index contributed by atoms with van der Waals surface area (Å²) in [6, 6.07) is 7.09. The highest BCUT2D eigenvalue weighted by molar-refractivity contribution is 9.10. The summed E-state index contributed by atoms with van der Waals surface area (Å²) < 4.78 is 6.87. The molecule has 20 heavy (non-hydrogen) atoms. The summed E-state index contributed by atoms with van der Waals surface area (Å²) in [7, 11) is 0. The molecule has 2 N–H and O–H groups in total. The average molecular weight is 400 g/mol. The van der Waals surface area contributed by atoms with E-state index < -0.39 is 5.97 Å². The number of nitrogens with two attached hydrogens (primary N) is 1. The molecule has 1 aromatic heterocycles. The van der Waals surface area contributed by atoms with Crippen LogP contribution in [0.15, 0.2) is 39.4 Å². The van der Waals surface area contributed by atoms with Gasteiger partial charge in [-0.25, -0.2) is 4.79 Å². The smallest absolute Gasteiger partial charge is 0.338 e. The van der Waals surface area contributed by atoms with E-state index in [2.05, 4.69) is 36.8 Å². The first-order valence-electron chi connectivity index (χ1n) is 5.80. The van der Waals surface area contributed by atoms with Gasteiger partial charge in [-0.05, 0) is 52.7 Å². The minimum Gasteiger partial charge on any atom is -0.456 e. The number of aromatic nitrogens is 1. The van der Waals surface area contributed by atoms with Gasteiger partial charge in [-0.3, -0.25) is 4.98 Å². The third-order valence-corrected chi connectivity index (χ3v) is 3.70. The predicted molar refractivity (Wildman–Crippen MR) is 84.3 cm³/mol. The van der Waals surface area contributed by atoms with Crippen molar-refractivity contribution in [1.82, 2.24) is 4.98 Å². The summed E-state index contributed by atoms with van der Waals surface area (Å²) >= 11 is 6.61. The van der Waals surface area contributed by atoms with Crippen LogP contribution in [-0.2, 0) is 11.3 Å². The number of pyridine rings is 1. The van der Waals surface area contributed by atoms with Gasteiger partial charge in [0, 0.05) is 20.8 Å². The van der Waals surface area contributed by atoms with Gasteiger partial charge in [0.05, 0.1) is 11.3 Å². The molecule has 0 saturated carbocycles. The molecule has 0 aliphatic carbocycles. The molecular weight excluding hydrogens is 388 g/mol. The highest BCUT2D eigenvalue weighted by Gasteiger charge is 2.14. The van der Waals surface area contributed by atoms with Crippen LogP contribution in [0.1, 0.15) is 21.6 Å². The number of halogens is 2. The molecule has 1 aromatic carbocycles. The van der Waals surface area contributed by atoms with Crippen LogP contribution in [0, 0.1) is 6.92 Å². The minimum absolute atomic E-state index is 0.123. The van der Waals surface area contributed by atoms with Crippen LogP contribution in [0.3, 0.4) is 0 Å². The Labute approximate surface area is 133 Å². The number of carbonyl (C=O) groups is 1. The van der Waals surface area contributed by atoms with E-state index in [1.165, 1.54) is 0 Å².